The van der Waals surface area contributed by atoms with Crippen LogP contribution in [0.4, 0.5) is 22.7 Å². The van der Waals surface area contributed by atoms with Crippen LogP contribution in [0.3, 0.4) is 0 Å². The zero-order valence-electron chi connectivity index (χ0n) is 61.7. The Morgan fingerprint density at radius 2 is 0.458 bits per heavy atom. The SMILES string of the molecule is NS(=O)(=O)c1cc(C(=O)O)c(NCc2ccco2)cc1Cl.NS(=O)(=O)c1cc(C(=O)O)c(NCc2ccco2)cc1Cl.NS(=O)(=O)c1cc(C(=O)O)c(NCc2ccco2)cc1Cl.NS(=O)(=O)c1cc(C(=O)O)c(NCc2ccco2)cc1Cl.c1ccc(-c2ccccn2)nc1.c1ccc(-c2ccccn2)nc1.c1ccc(-c2ccccn2)nc1. The highest BCUT2D eigenvalue weighted by molar-refractivity contribution is 7.90. The first kappa shape index (κ1) is 92.3. The van der Waals surface area contributed by atoms with Gasteiger partial charge in [0, 0.05) is 37.2 Å². The number of hydrogen-bond acceptors (Lipinski definition) is 26. The highest BCUT2D eigenvalue weighted by Gasteiger charge is 2.25. The number of sulfonamides is 4. The molecule has 0 bridgehead atoms. The number of aromatic nitrogens is 6. The molecule has 0 saturated carbocycles. The first-order valence-corrected chi connectivity index (χ1v) is 41.7. The maximum absolute atomic E-state index is 11.3. The van der Waals surface area contributed by atoms with Gasteiger partial charge in [0.15, 0.2) is 0 Å². The molecule has 14 aromatic rings. The molecule has 42 heteroatoms. The average molecular weight is 1790 g/mol. The number of halogens is 4. The molecule has 16 N–H and O–H groups in total. The third-order valence-corrected chi connectivity index (χ3v) is 20.8. The first-order chi connectivity index (χ1) is 57.0. The number of carboxylic acids is 4. The molecule has 34 nitrogen and oxygen atoms in total. The van der Waals surface area contributed by atoms with E-state index in [0.717, 1.165) is 58.4 Å². The number of rotatable bonds is 23. The fourth-order valence-corrected chi connectivity index (χ4v) is 14.2. The van der Waals surface area contributed by atoms with E-state index in [9.17, 15) is 52.8 Å². The van der Waals surface area contributed by atoms with Crippen LogP contribution >= 0.6 is 46.4 Å². The molecule has 0 amide bonds. The first-order valence-electron chi connectivity index (χ1n) is 34.0. The quantitative estimate of drug-likeness (QED) is 0.0283. The number of aromatic carboxylic acids is 4. The number of nitrogens with one attached hydrogen (secondary N) is 4. The molecule has 0 saturated heterocycles. The molecule has 14 rings (SSSR count). The van der Waals surface area contributed by atoms with E-state index in [1.165, 1.54) is 49.3 Å². The summed E-state index contributed by atoms with van der Waals surface area (Å²) in [5.74, 6) is -2.90. The zero-order chi connectivity index (χ0) is 87.2. The summed E-state index contributed by atoms with van der Waals surface area (Å²) >= 11 is 23.3. The standard InChI is InChI=1S/4C12H11ClN2O5S.3C10H8N2/c4*13-9-5-10(15-6-7-2-1-3-20-7)8(12(16)17)4-11(9)21(14,18)19;3*1-3-7-11-9(5-1)10-6-2-4-8-12-10/h4*1-5,15H,6H2,(H,16,17)(H2,14,18,19);3*1-8H. The number of nitrogens with zero attached hydrogens (tertiary/aromatic N) is 6. The lowest BCUT2D eigenvalue weighted by Gasteiger charge is -2.11. The van der Waals surface area contributed by atoms with E-state index in [4.69, 9.17) is 105 Å². The molecule has 0 radical (unpaired) electrons. The van der Waals surface area contributed by atoms with E-state index in [1.54, 1.807) is 85.7 Å². The maximum Gasteiger partial charge on any atom is 0.337 e. The number of carbonyl (C=O) groups is 4. The monoisotopic (exact) mass is 1790 g/mol. The summed E-state index contributed by atoms with van der Waals surface area (Å²) in [6, 6.07) is 56.8. The van der Waals surface area contributed by atoms with Gasteiger partial charge in [0.2, 0.25) is 40.1 Å². The number of furan rings is 4. The van der Waals surface area contributed by atoms with Crippen LogP contribution in [0.15, 0.2) is 306 Å². The zero-order valence-corrected chi connectivity index (χ0v) is 68.0. The van der Waals surface area contributed by atoms with Gasteiger partial charge in [-0.2, -0.15) is 0 Å². The highest BCUT2D eigenvalue weighted by Crippen LogP contribution is 2.33. The molecule has 0 fully saturated rings. The lowest BCUT2D eigenvalue weighted by atomic mass is 10.1. The number of nitrogens with two attached hydrogens (primary N) is 4. The molecule has 10 heterocycles. The Balaban J connectivity index is 0.000000176. The second-order valence-electron chi connectivity index (χ2n) is 23.7. The second kappa shape index (κ2) is 43.8. The molecule has 622 valence electrons. The van der Waals surface area contributed by atoms with Crippen molar-refractivity contribution in [3.63, 3.8) is 0 Å². The number of pyridine rings is 6. The molecular weight excluding hydrogens is 1720 g/mol. The van der Waals surface area contributed by atoms with Gasteiger partial charge in [-0.25, -0.2) is 73.4 Å². The predicted octanol–water partition coefficient (Wildman–Crippen LogP) is 14.0. The third kappa shape index (κ3) is 28.6. The lowest BCUT2D eigenvalue weighted by Crippen LogP contribution is -2.15. The Morgan fingerprint density at radius 1 is 0.283 bits per heavy atom. The van der Waals surface area contributed by atoms with Gasteiger partial charge in [-0.1, -0.05) is 82.8 Å². The molecule has 120 heavy (non-hydrogen) atoms. The van der Waals surface area contributed by atoms with Gasteiger partial charge in [0.1, 0.15) is 42.6 Å². The van der Waals surface area contributed by atoms with Gasteiger partial charge in [-0.05, 0) is 170 Å². The van der Waals surface area contributed by atoms with Crippen LogP contribution in [0, 0.1) is 0 Å². The summed E-state index contributed by atoms with van der Waals surface area (Å²) in [6.07, 6.45) is 16.5. The molecule has 10 aromatic heterocycles. The smallest absolute Gasteiger partial charge is 0.337 e. The Labute approximate surface area is 704 Å². The molecule has 0 spiro atoms. The van der Waals surface area contributed by atoms with Gasteiger partial charge < -0.3 is 59.4 Å². The minimum Gasteiger partial charge on any atom is -0.478 e. The van der Waals surface area contributed by atoms with Gasteiger partial charge in [-0.3, -0.25) is 29.9 Å². The van der Waals surface area contributed by atoms with E-state index in [1.807, 2.05) is 109 Å². The molecule has 0 unspecified atom stereocenters. The normalized spacial score (nSPS) is 10.8. The molecule has 0 aliphatic heterocycles. The van der Waals surface area contributed by atoms with Crippen LogP contribution in [-0.4, -0.2) is 108 Å². The number of primary sulfonamides is 4. The molecular formula is C78H68Cl4N14O20S4. The Bertz CT molecular complexity index is 5400. The molecule has 4 aromatic carbocycles. The molecule has 0 atom stereocenters. The molecule has 0 aliphatic carbocycles. The second-order valence-corrected chi connectivity index (χ2v) is 31.5. The number of hydrogen-bond donors (Lipinski definition) is 12. The fourth-order valence-electron chi connectivity index (χ4n) is 9.85. The minimum atomic E-state index is -4.11. The van der Waals surface area contributed by atoms with Crippen molar-refractivity contribution in [2.45, 2.75) is 45.8 Å². The summed E-state index contributed by atoms with van der Waals surface area (Å²) in [5, 5.41) is 67.2. The van der Waals surface area contributed by atoms with Crippen LogP contribution < -0.4 is 41.8 Å². The summed E-state index contributed by atoms with van der Waals surface area (Å²) in [5.41, 5.74) is 5.12. The Hall–Kier alpha value is -13.2. The van der Waals surface area contributed by atoms with Gasteiger partial charge >= 0.3 is 23.9 Å². The van der Waals surface area contributed by atoms with Crippen molar-refractivity contribution in [3.8, 4) is 34.2 Å². The van der Waals surface area contributed by atoms with E-state index >= 15 is 0 Å². The van der Waals surface area contributed by atoms with Gasteiger partial charge in [0.05, 0.1) is 150 Å². The van der Waals surface area contributed by atoms with Gasteiger partial charge in [0.25, 0.3) is 0 Å². The van der Waals surface area contributed by atoms with Crippen molar-refractivity contribution in [2.24, 2.45) is 20.6 Å². The van der Waals surface area contributed by atoms with Crippen molar-refractivity contribution in [3.05, 3.63) is 334 Å². The average Bonchev–Trinajstić information content (AvgIpc) is 1.05. The van der Waals surface area contributed by atoms with Crippen molar-refractivity contribution in [1.82, 2.24) is 29.9 Å². The van der Waals surface area contributed by atoms with Crippen LogP contribution in [0.2, 0.25) is 20.1 Å². The summed E-state index contributed by atoms with van der Waals surface area (Å²) in [4.78, 5) is 68.3. The van der Waals surface area contributed by atoms with Crippen molar-refractivity contribution in [1.29, 1.82) is 0 Å². The van der Waals surface area contributed by atoms with Crippen LogP contribution in [0.5, 0.6) is 0 Å². The largest absolute Gasteiger partial charge is 0.478 e. The van der Waals surface area contributed by atoms with E-state index in [0.29, 0.717) is 23.0 Å². The predicted molar refractivity (Wildman–Crippen MR) is 446 cm³/mol. The summed E-state index contributed by atoms with van der Waals surface area (Å²) in [7, 11) is -16.4. The number of carboxylic acid groups (broad SMARTS) is 4. The Morgan fingerprint density at radius 3 is 0.583 bits per heavy atom. The summed E-state index contributed by atoms with van der Waals surface area (Å²) < 4.78 is 111. The fraction of sp³-hybridized carbons (Fsp3) is 0.0513. The van der Waals surface area contributed by atoms with Crippen molar-refractivity contribution >= 4 is 133 Å². The van der Waals surface area contributed by atoms with Crippen LogP contribution in [0.1, 0.15) is 64.5 Å². The third-order valence-electron chi connectivity index (χ3n) is 15.3. The van der Waals surface area contributed by atoms with Gasteiger partial charge in [-0.15, -0.1) is 0 Å². The van der Waals surface area contributed by atoms with Crippen LogP contribution in [-0.2, 0) is 66.3 Å². The van der Waals surface area contributed by atoms with Crippen molar-refractivity contribution in [2.75, 3.05) is 21.3 Å². The van der Waals surface area contributed by atoms with E-state index in [-0.39, 0.29) is 91.3 Å². The maximum atomic E-state index is 11.3. The minimum absolute atomic E-state index is 0.163. The summed E-state index contributed by atoms with van der Waals surface area (Å²) in [6.45, 7) is 0.882. The van der Waals surface area contributed by atoms with E-state index < -0.39 is 83.6 Å². The van der Waals surface area contributed by atoms with E-state index in [2.05, 4.69) is 51.2 Å². The lowest BCUT2D eigenvalue weighted by molar-refractivity contribution is 0.0686. The number of anilines is 4. The number of benzene rings is 4. The van der Waals surface area contributed by atoms with Crippen molar-refractivity contribution < 1.29 is 90.9 Å². The topological polar surface area (TPSA) is 568 Å². The Kier molecular flexibility index (Phi) is 33.7. The van der Waals surface area contributed by atoms with Crippen LogP contribution in [0.25, 0.3) is 34.2 Å². The molecule has 0 aliphatic rings. The highest BCUT2D eigenvalue weighted by atomic mass is 35.5.